The molecular weight excluding hydrogens is 374 g/mol. The van der Waals surface area contributed by atoms with Crippen LogP contribution in [-0.4, -0.2) is 74.0 Å². The minimum absolute atomic E-state index is 0.188. The molecule has 0 bridgehead atoms. The highest BCUT2D eigenvalue weighted by molar-refractivity contribution is 5.79. The Morgan fingerprint density at radius 1 is 1.17 bits per heavy atom. The number of hydrogen-bond acceptors (Lipinski definition) is 4. The summed E-state index contributed by atoms with van der Waals surface area (Å²) in [5.74, 6) is 2.69. The molecular formula is C25H41N3O2. The Morgan fingerprint density at radius 2 is 1.90 bits per heavy atom. The lowest BCUT2D eigenvalue weighted by atomic mass is 9.93. The lowest BCUT2D eigenvalue weighted by Crippen LogP contribution is -2.47. The van der Waals surface area contributed by atoms with Gasteiger partial charge in [-0.1, -0.05) is 32.0 Å². The molecule has 0 saturated carbocycles. The molecule has 2 heterocycles. The molecule has 0 spiro atoms. The number of carbonyl (C=O) groups excluding carboxylic acids is 1. The quantitative estimate of drug-likeness (QED) is 0.648. The fourth-order valence-electron chi connectivity index (χ4n) is 5.03. The van der Waals surface area contributed by atoms with Crippen LogP contribution >= 0.6 is 0 Å². The van der Waals surface area contributed by atoms with Crippen LogP contribution in [0.5, 0.6) is 5.75 Å². The van der Waals surface area contributed by atoms with Crippen molar-refractivity contribution in [3.05, 3.63) is 29.8 Å². The minimum Gasteiger partial charge on any atom is -0.496 e. The molecule has 0 radical (unpaired) electrons. The zero-order chi connectivity index (χ0) is 21.5. The third-order valence-corrected chi connectivity index (χ3v) is 6.64. The number of benzene rings is 1. The molecule has 2 fully saturated rings. The Labute approximate surface area is 183 Å². The number of para-hydroxylation sites is 1. The molecule has 2 saturated heterocycles. The molecule has 1 aromatic rings. The normalized spacial score (nSPS) is 21.7. The molecule has 5 nitrogen and oxygen atoms in total. The number of rotatable bonds is 8. The number of methoxy groups -OCH3 is 1. The number of nitrogens with zero attached hydrogens (tertiary/aromatic N) is 3. The van der Waals surface area contributed by atoms with Gasteiger partial charge in [-0.25, -0.2) is 0 Å². The Bertz CT molecular complexity index is 670. The smallest absolute Gasteiger partial charge is 0.226 e. The molecule has 2 aliphatic rings. The van der Waals surface area contributed by atoms with E-state index in [4.69, 9.17) is 4.74 Å². The van der Waals surface area contributed by atoms with Crippen LogP contribution < -0.4 is 4.74 Å². The van der Waals surface area contributed by atoms with Crippen LogP contribution in [0.2, 0.25) is 0 Å². The summed E-state index contributed by atoms with van der Waals surface area (Å²) in [6, 6.07) is 8.32. The third-order valence-electron chi connectivity index (χ3n) is 6.64. The first-order valence-electron chi connectivity index (χ1n) is 11.8. The largest absolute Gasteiger partial charge is 0.496 e. The van der Waals surface area contributed by atoms with E-state index < -0.39 is 0 Å². The number of hydrogen-bond donors (Lipinski definition) is 0. The van der Waals surface area contributed by atoms with Gasteiger partial charge in [-0.05, 0) is 70.3 Å². The second-order valence-corrected chi connectivity index (χ2v) is 9.77. The van der Waals surface area contributed by atoms with Gasteiger partial charge in [0.25, 0.3) is 0 Å². The zero-order valence-corrected chi connectivity index (χ0v) is 19.5. The molecule has 1 atom stereocenters. The molecule has 0 aliphatic carbocycles. The van der Waals surface area contributed by atoms with Gasteiger partial charge in [0.2, 0.25) is 5.91 Å². The van der Waals surface area contributed by atoms with Gasteiger partial charge in [0, 0.05) is 31.7 Å². The Hall–Kier alpha value is -1.59. The molecule has 5 heteroatoms. The summed E-state index contributed by atoms with van der Waals surface area (Å²) in [4.78, 5) is 20.3. The van der Waals surface area contributed by atoms with Gasteiger partial charge in [0.1, 0.15) is 5.75 Å². The van der Waals surface area contributed by atoms with E-state index in [-0.39, 0.29) is 5.92 Å². The molecule has 1 amide bonds. The topological polar surface area (TPSA) is 36.0 Å². The van der Waals surface area contributed by atoms with Gasteiger partial charge in [0.05, 0.1) is 13.0 Å². The van der Waals surface area contributed by atoms with Crippen molar-refractivity contribution < 1.29 is 9.53 Å². The third kappa shape index (κ3) is 6.45. The molecule has 0 N–H and O–H groups in total. The number of piperidine rings is 2. The fraction of sp³-hybridized carbons (Fsp3) is 0.720. The SMILES string of the molecule is COc1ccccc1CN1CCC(CN(CC(C)C)C(=O)C2CCCN(C)C2)CC1. The number of likely N-dealkylation sites (tertiary alicyclic amines) is 2. The minimum atomic E-state index is 0.188. The summed E-state index contributed by atoms with van der Waals surface area (Å²) in [7, 11) is 3.89. The maximum atomic E-state index is 13.3. The van der Waals surface area contributed by atoms with E-state index in [1.807, 2.05) is 12.1 Å². The van der Waals surface area contributed by atoms with Crippen molar-refractivity contribution in [2.75, 3.05) is 53.4 Å². The van der Waals surface area contributed by atoms with Gasteiger partial charge >= 0.3 is 0 Å². The van der Waals surface area contributed by atoms with Crippen LogP contribution in [0.15, 0.2) is 24.3 Å². The molecule has 30 heavy (non-hydrogen) atoms. The van der Waals surface area contributed by atoms with Crippen molar-refractivity contribution in [3.63, 3.8) is 0 Å². The monoisotopic (exact) mass is 415 g/mol. The predicted molar refractivity (Wildman–Crippen MR) is 123 cm³/mol. The number of amides is 1. The van der Waals surface area contributed by atoms with Crippen molar-refractivity contribution in [2.24, 2.45) is 17.8 Å². The highest BCUT2D eigenvalue weighted by atomic mass is 16.5. The van der Waals surface area contributed by atoms with Crippen molar-refractivity contribution in [1.29, 1.82) is 0 Å². The van der Waals surface area contributed by atoms with E-state index in [0.717, 1.165) is 64.4 Å². The van der Waals surface area contributed by atoms with E-state index in [2.05, 4.69) is 47.7 Å². The van der Waals surface area contributed by atoms with Crippen LogP contribution in [0, 0.1) is 17.8 Å². The van der Waals surface area contributed by atoms with Crippen LogP contribution in [0.3, 0.4) is 0 Å². The average Bonchev–Trinajstić information content (AvgIpc) is 2.74. The Kier molecular flexibility index (Phi) is 8.58. The zero-order valence-electron chi connectivity index (χ0n) is 19.5. The fourth-order valence-corrected chi connectivity index (χ4v) is 5.03. The van der Waals surface area contributed by atoms with Gasteiger partial charge in [-0.15, -0.1) is 0 Å². The maximum Gasteiger partial charge on any atom is 0.226 e. The molecule has 168 valence electrons. The number of ether oxygens (including phenoxy) is 1. The highest BCUT2D eigenvalue weighted by Crippen LogP contribution is 2.25. The van der Waals surface area contributed by atoms with E-state index in [1.54, 1.807) is 7.11 Å². The summed E-state index contributed by atoms with van der Waals surface area (Å²) in [6.07, 6.45) is 4.53. The van der Waals surface area contributed by atoms with Crippen molar-refractivity contribution in [2.45, 2.75) is 46.1 Å². The molecule has 1 aromatic carbocycles. The first-order valence-corrected chi connectivity index (χ1v) is 11.8. The summed E-state index contributed by atoms with van der Waals surface area (Å²) in [5.41, 5.74) is 1.26. The van der Waals surface area contributed by atoms with Crippen molar-refractivity contribution in [3.8, 4) is 5.75 Å². The summed E-state index contributed by atoms with van der Waals surface area (Å²) in [5, 5.41) is 0. The first kappa shape index (κ1) is 23.1. The summed E-state index contributed by atoms with van der Waals surface area (Å²) in [6.45, 7) is 11.5. The van der Waals surface area contributed by atoms with E-state index in [9.17, 15) is 4.79 Å². The van der Waals surface area contributed by atoms with Crippen LogP contribution in [0.25, 0.3) is 0 Å². The Morgan fingerprint density at radius 3 is 2.57 bits per heavy atom. The highest BCUT2D eigenvalue weighted by Gasteiger charge is 2.30. The van der Waals surface area contributed by atoms with Gasteiger partial charge < -0.3 is 14.5 Å². The van der Waals surface area contributed by atoms with Crippen LogP contribution in [-0.2, 0) is 11.3 Å². The summed E-state index contributed by atoms with van der Waals surface area (Å²) >= 11 is 0. The lowest BCUT2D eigenvalue weighted by Gasteiger charge is -2.38. The van der Waals surface area contributed by atoms with E-state index >= 15 is 0 Å². The summed E-state index contributed by atoms with van der Waals surface area (Å²) < 4.78 is 5.51. The number of carbonyl (C=O) groups is 1. The van der Waals surface area contributed by atoms with E-state index in [1.165, 1.54) is 18.4 Å². The van der Waals surface area contributed by atoms with Crippen molar-refractivity contribution >= 4 is 5.91 Å². The van der Waals surface area contributed by atoms with Crippen molar-refractivity contribution in [1.82, 2.24) is 14.7 Å². The average molecular weight is 416 g/mol. The van der Waals surface area contributed by atoms with Gasteiger partial charge in [-0.2, -0.15) is 0 Å². The standard InChI is InChI=1S/C25H41N3O2/c1-20(2)16-28(25(29)23-9-7-13-26(3)18-23)17-21-11-14-27(15-12-21)19-22-8-5-6-10-24(22)30-4/h5-6,8,10,20-21,23H,7,9,11-19H2,1-4H3. The maximum absolute atomic E-state index is 13.3. The molecule has 3 rings (SSSR count). The first-order chi connectivity index (χ1) is 14.5. The van der Waals surface area contributed by atoms with E-state index in [0.29, 0.717) is 17.7 Å². The molecule has 0 aromatic heterocycles. The lowest BCUT2D eigenvalue weighted by molar-refractivity contribution is -0.138. The molecule has 2 aliphatic heterocycles. The van der Waals surface area contributed by atoms with Gasteiger partial charge in [-0.3, -0.25) is 9.69 Å². The second-order valence-electron chi connectivity index (χ2n) is 9.77. The van der Waals surface area contributed by atoms with Crippen LogP contribution in [0.4, 0.5) is 0 Å². The van der Waals surface area contributed by atoms with Gasteiger partial charge in [0.15, 0.2) is 0 Å². The second kappa shape index (κ2) is 11.1. The predicted octanol–water partition coefficient (Wildman–Crippen LogP) is 3.73. The molecule has 1 unspecified atom stereocenters. The van der Waals surface area contributed by atoms with Crippen LogP contribution in [0.1, 0.15) is 45.1 Å². The Balaban J connectivity index is 1.53.